The number of halogens is 1. The SMILES string of the molecule is O=C(O)c1ncsc1-c1cc(Cl)cs1. The molecule has 1 N–H and O–H groups in total. The first-order chi connectivity index (χ1) is 6.68. The lowest BCUT2D eigenvalue weighted by atomic mass is 10.3. The molecule has 6 heteroatoms. The summed E-state index contributed by atoms with van der Waals surface area (Å²) in [6, 6.07) is 1.74. The molecule has 0 fully saturated rings. The van der Waals surface area contributed by atoms with E-state index >= 15 is 0 Å². The maximum Gasteiger partial charge on any atom is 0.356 e. The van der Waals surface area contributed by atoms with E-state index in [0.29, 0.717) is 9.90 Å². The molecule has 2 heterocycles. The fraction of sp³-hybridized carbons (Fsp3) is 0. The van der Waals surface area contributed by atoms with Crippen LogP contribution in [-0.4, -0.2) is 16.1 Å². The van der Waals surface area contributed by atoms with Gasteiger partial charge in [0.1, 0.15) is 0 Å². The van der Waals surface area contributed by atoms with E-state index in [-0.39, 0.29) is 5.69 Å². The molecule has 0 unspecified atom stereocenters. The molecule has 0 radical (unpaired) electrons. The quantitative estimate of drug-likeness (QED) is 0.884. The van der Waals surface area contributed by atoms with Gasteiger partial charge in [0.25, 0.3) is 0 Å². The highest BCUT2D eigenvalue weighted by atomic mass is 35.5. The van der Waals surface area contributed by atoms with Crippen LogP contribution in [0.2, 0.25) is 5.02 Å². The van der Waals surface area contributed by atoms with E-state index in [9.17, 15) is 4.79 Å². The molecule has 0 bridgehead atoms. The third-order valence-corrected chi connectivity index (χ3v) is 3.85. The predicted molar refractivity (Wildman–Crippen MR) is 57.4 cm³/mol. The van der Waals surface area contributed by atoms with E-state index in [1.54, 1.807) is 11.4 Å². The van der Waals surface area contributed by atoms with Crippen LogP contribution in [0.15, 0.2) is 17.0 Å². The number of nitrogens with zero attached hydrogens (tertiary/aromatic N) is 1. The van der Waals surface area contributed by atoms with Crippen LogP contribution in [0, 0.1) is 0 Å². The average molecular weight is 246 g/mol. The zero-order valence-corrected chi connectivity index (χ0v) is 9.12. The minimum absolute atomic E-state index is 0.0912. The highest BCUT2D eigenvalue weighted by Gasteiger charge is 2.16. The summed E-state index contributed by atoms with van der Waals surface area (Å²) in [5.41, 5.74) is 1.61. The molecule has 0 atom stereocenters. The van der Waals surface area contributed by atoms with Crippen LogP contribution in [0.1, 0.15) is 10.5 Å². The van der Waals surface area contributed by atoms with Crippen LogP contribution < -0.4 is 0 Å². The number of carboxylic acid groups (broad SMARTS) is 1. The van der Waals surface area contributed by atoms with Crippen LogP contribution in [-0.2, 0) is 0 Å². The van der Waals surface area contributed by atoms with E-state index in [2.05, 4.69) is 4.98 Å². The van der Waals surface area contributed by atoms with Gasteiger partial charge < -0.3 is 5.11 Å². The molecule has 2 rings (SSSR count). The maximum atomic E-state index is 10.8. The number of carbonyl (C=O) groups is 1. The van der Waals surface area contributed by atoms with Crippen LogP contribution in [0.3, 0.4) is 0 Å². The number of carboxylic acids is 1. The van der Waals surface area contributed by atoms with Crippen LogP contribution in [0.5, 0.6) is 0 Å². The molecule has 0 aliphatic carbocycles. The molecular weight excluding hydrogens is 242 g/mol. The Labute approximate surface area is 92.6 Å². The molecule has 72 valence electrons. The number of aromatic carboxylic acids is 1. The van der Waals surface area contributed by atoms with Gasteiger partial charge in [-0.1, -0.05) is 11.6 Å². The molecule has 0 aliphatic rings. The molecule has 2 aromatic rings. The highest BCUT2D eigenvalue weighted by molar-refractivity contribution is 7.20. The summed E-state index contributed by atoms with van der Waals surface area (Å²) in [4.78, 5) is 16.1. The Bertz CT molecular complexity index is 477. The first-order valence-electron chi connectivity index (χ1n) is 3.59. The third kappa shape index (κ3) is 1.66. The van der Waals surface area contributed by atoms with Gasteiger partial charge in [-0.05, 0) is 6.07 Å². The monoisotopic (exact) mass is 245 g/mol. The van der Waals surface area contributed by atoms with Crippen molar-refractivity contribution in [3.05, 3.63) is 27.7 Å². The topological polar surface area (TPSA) is 50.2 Å². The van der Waals surface area contributed by atoms with E-state index < -0.39 is 5.97 Å². The predicted octanol–water partition coefficient (Wildman–Crippen LogP) is 3.22. The molecule has 0 saturated carbocycles. The Morgan fingerprint density at radius 1 is 1.50 bits per heavy atom. The molecule has 14 heavy (non-hydrogen) atoms. The lowest BCUT2D eigenvalue weighted by Crippen LogP contribution is -1.97. The summed E-state index contributed by atoms with van der Waals surface area (Å²) < 4.78 is 0. The van der Waals surface area contributed by atoms with E-state index in [1.165, 1.54) is 28.2 Å². The number of rotatable bonds is 2. The zero-order valence-electron chi connectivity index (χ0n) is 6.73. The lowest BCUT2D eigenvalue weighted by molar-refractivity contribution is 0.0692. The summed E-state index contributed by atoms with van der Waals surface area (Å²) in [5, 5.41) is 11.2. The Morgan fingerprint density at radius 3 is 2.86 bits per heavy atom. The molecule has 0 amide bonds. The van der Waals surface area contributed by atoms with Gasteiger partial charge in [-0.15, -0.1) is 22.7 Å². The lowest BCUT2D eigenvalue weighted by Gasteiger charge is -1.92. The van der Waals surface area contributed by atoms with Gasteiger partial charge in [-0.3, -0.25) is 0 Å². The minimum atomic E-state index is -1.01. The number of thiophene rings is 1. The fourth-order valence-electron chi connectivity index (χ4n) is 1.01. The van der Waals surface area contributed by atoms with E-state index in [1.807, 2.05) is 0 Å². The van der Waals surface area contributed by atoms with Crippen LogP contribution in [0.4, 0.5) is 0 Å². The van der Waals surface area contributed by atoms with Gasteiger partial charge in [0.15, 0.2) is 5.69 Å². The Kier molecular flexibility index (Phi) is 2.54. The first-order valence-corrected chi connectivity index (χ1v) is 5.73. The number of hydrogen-bond donors (Lipinski definition) is 1. The van der Waals surface area contributed by atoms with Crippen LogP contribution in [0.25, 0.3) is 9.75 Å². The third-order valence-electron chi connectivity index (χ3n) is 1.56. The zero-order chi connectivity index (χ0) is 10.1. The summed E-state index contributed by atoms with van der Waals surface area (Å²) in [6.45, 7) is 0. The van der Waals surface area contributed by atoms with Gasteiger partial charge >= 0.3 is 5.97 Å². The van der Waals surface area contributed by atoms with Crippen molar-refractivity contribution < 1.29 is 9.90 Å². The second-order valence-electron chi connectivity index (χ2n) is 2.46. The van der Waals surface area contributed by atoms with E-state index in [0.717, 1.165) is 4.88 Å². The highest BCUT2D eigenvalue weighted by Crippen LogP contribution is 2.34. The summed E-state index contributed by atoms with van der Waals surface area (Å²) in [7, 11) is 0. The van der Waals surface area contributed by atoms with Gasteiger partial charge in [-0.25, -0.2) is 9.78 Å². The number of thiazole rings is 1. The standard InChI is InChI=1S/C8H4ClNO2S2/c9-4-1-5(13-2-4)7-6(8(11)12)10-3-14-7/h1-3H,(H,11,12). The van der Waals surface area contributed by atoms with Crippen molar-refractivity contribution in [2.24, 2.45) is 0 Å². The average Bonchev–Trinajstić information content (AvgIpc) is 2.70. The van der Waals surface area contributed by atoms with Crippen molar-refractivity contribution in [3.63, 3.8) is 0 Å². The van der Waals surface area contributed by atoms with Crippen molar-refractivity contribution in [3.8, 4) is 9.75 Å². The second kappa shape index (κ2) is 3.68. The molecular formula is C8H4ClNO2S2. The normalized spacial score (nSPS) is 10.4. The van der Waals surface area contributed by atoms with Gasteiger partial charge in [-0.2, -0.15) is 0 Å². The molecule has 0 aromatic carbocycles. The largest absolute Gasteiger partial charge is 0.476 e. The van der Waals surface area contributed by atoms with Crippen molar-refractivity contribution in [1.82, 2.24) is 4.98 Å². The number of aromatic nitrogens is 1. The Balaban J connectivity index is 2.51. The second-order valence-corrected chi connectivity index (χ2v) is 4.67. The molecule has 0 saturated heterocycles. The number of hydrogen-bond acceptors (Lipinski definition) is 4. The molecule has 0 spiro atoms. The van der Waals surface area contributed by atoms with Crippen molar-refractivity contribution in [2.45, 2.75) is 0 Å². The summed E-state index contributed by atoms with van der Waals surface area (Å²) in [6.07, 6.45) is 0. The van der Waals surface area contributed by atoms with Crippen molar-refractivity contribution in [1.29, 1.82) is 0 Å². The summed E-state index contributed by atoms with van der Waals surface area (Å²) >= 11 is 8.47. The Morgan fingerprint density at radius 2 is 2.29 bits per heavy atom. The minimum Gasteiger partial charge on any atom is -0.476 e. The van der Waals surface area contributed by atoms with E-state index in [4.69, 9.17) is 16.7 Å². The maximum absolute atomic E-state index is 10.8. The smallest absolute Gasteiger partial charge is 0.356 e. The van der Waals surface area contributed by atoms with Gasteiger partial charge in [0.05, 0.1) is 15.4 Å². The van der Waals surface area contributed by atoms with Crippen molar-refractivity contribution in [2.75, 3.05) is 0 Å². The van der Waals surface area contributed by atoms with Gasteiger partial charge in [0.2, 0.25) is 0 Å². The molecule has 3 nitrogen and oxygen atoms in total. The molecule has 2 aromatic heterocycles. The summed E-state index contributed by atoms with van der Waals surface area (Å²) in [5.74, 6) is -1.01. The van der Waals surface area contributed by atoms with Crippen molar-refractivity contribution >= 4 is 40.2 Å². The fourth-order valence-corrected chi connectivity index (χ4v) is 3.00. The van der Waals surface area contributed by atoms with Gasteiger partial charge in [0, 0.05) is 10.3 Å². The van der Waals surface area contributed by atoms with Crippen LogP contribution >= 0.6 is 34.3 Å². The first kappa shape index (κ1) is 9.64. The molecule has 0 aliphatic heterocycles. The Hall–Kier alpha value is -0.910.